The van der Waals surface area contributed by atoms with Crippen molar-refractivity contribution < 1.29 is 13.2 Å². The molecule has 9 heteroatoms. The van der Waals surface area contributed by atoms with E-state index < -0.39 is 14.3 Å². The SMILES string of the molecule is O=C1CC(S(=O)(=O)Cl)CN1c1ccc(Br)nc1Br. The Morgan fingerprint density at radius 2 is 2.06 bits per heavy atom. The molecule has 2 heterocycles. The number of carbonyl (C=O) groups excluding carboxylic acids is 1. The number of carbonyl (C=O) groups is 1. The van der Waals surface area contributed by atoms with Gasteiger partial charge in [-0.1, -0.05) is 0 Å². The molecule has 5 nitrogen and oxygen atoms in total. The molecule has 2 rings (SSSR count). The molecule has 1 atom stereocenters. The summed E-state index contributed by atoms with van der Waals surface area (Å²) in [4.78, 5) is 17.3. The Balaban J connectivity index is 2.33. The Bertz CT molecular complexity index is 608. The number of aromatic nitrogens is 1. The number of pyridine rings is 1. The molecule has 18 heavy (non-hydrogen) atoms. The highest BCUT2D eigenvalue weighted by atomic mass is 79.9. The van der Waals surface area contributed by atoms with Crippen LogP contribution in [0.5, 0.6) is 0 Å². The first-order chi connectivity index (χ1) is 8.29. The van der Waals surface area contributed by atoms with Crippen LogP contribution in [0.1, 0.15) is 6.42 Å². The smallest absolute Gasteiger partial charge is 0.237 e. The van der Waals surface area contributed by atoms with E-state index in [-0.39, 0.29) is 18.9 Å². The minimum absolute atomic E-state index is 0.0482. The van der Waals surface area contributed by atoms with Gasteiger partial charge in [0.25, 0.3) is 0 Å². The summed E-state index contributed by atoms with van der Waals surface area (Å²) >= 11 is 6.44. The second-order valence-corrected chi connectivity index (χ2v) is 8.22. The van der Waals surface area contributed by atoms with Crippen molar-refractivity contribution in [3.63, 3.8) is 0 Å². The summed E-state index contributed by atoms with van der Waals surface area (Å²) in [5, 5.41) is -0.873. The zero-order chi connectivity index (χ0) is 13.5. The van der Waals surface area contributed by atoms with Gasteiger partial charge in [-0.3, -0.25) is 4.79 Å². The summed E-state index contributed by atoms with van der Waals surface area (Å²) < 4.78 is 23.6. The topological polar surface area (TPSA) is 67.3 Å². The van der Waals surface area contributed by atoms with Crippen LogP contribution in [0.25, 0.3) is 0 Å². The van der Waals surface area contributed by atoms with Gasteiger partial charge in [0.05, 0.1) is 5.69 Å². The molecule has 0 aromatic carbocycles. The molecule has 1 fully saturated rings. The molecule has 1 aromatic rings. The standard InChI is InChI=1S/C9H7Br2ClN2O3S/c10-7-2-1-6(9(11)13-7)14-4-5(3-8(14)15)18(12,16)17/h1-2,5H,3-4H2. The summed E-state index contributed by atoms with van der Waals surface area (Å²) in [7, 11) is 1.55. The van der Waals surface area contributed by atoms with E-state index in [9.17, 15) is 13.2 Å². The molecule has 0 bridgehead atoms. The van der Waals surface area contributed by atoms with Gasteiger partial charge in [0.2, 0.25) is 15.0 Å². The zero-order valence-electron chi connectivity index (χ0n) is 8.81. The van der Waals surface area contributed by atoms with Gasteiger partial charge in [-0.05, 0) is 44.0 Å². The molecule has 1 aliphatic heterocycles. The van der Waals surface area contributed by atoms with E-state index in [0.29, 0.717) is 14.9 Å². The highest BCUT2D eigenvalue weighted by Crippen LogP contribution is 2.31. The van der Waals surface area contributed by atoms with Crippen LogP contribution in [-0.4, -0.2) is 31.1 Å². The quantitative estimate of drug-likeness (QED) is 0.546. The van der Waals surface area contributed by atoms with Crippen molar-refractivity contribution in [2.45, 2.75) is 11.7 Å². The van der Waals surface area contributed by atoms with E-state index in [2.05, 4.69) is 36.8 Å². The van der Waals surface area contributed by atoms with Crippen molar-refractivity contribution in [2.75, 3.05) is 11.4 Å². The fourth-order valence-corrected chi connectivity index (χ4v) is 3.81. The molecule has 0 spiro atoms. The normalized spacial score (nSPS) is 20.5. The summed E-state index contributed by atoms with van der Waals surface area (Å²) in [6, 6.07) is 3.36. The lowest BCUT2D eigenvalue weighted by Crippen LogP contribution is -2.27. The molecule has 1 aliphatic rings. The van der Waals surface area contributed by atoms with Gasteiger partial charge in [-0.15, -0.1) is 0 Å². The van der Waals surface area contributed by atoms with Crippen molar-refractivity contribution in [1.29, 1.82) is 0 Å². The van der Waals surface area contributed by atoms with Crippen LogP contribution in [0.4, 0.5) is 5.69 Å². The van der Waals surface area contributed by atoms with Gasteiger partial charge in [0, 0.05) is 23.6 Å². The maximum atomic E-state index is 11.8. The van der Waals surface area contributed by atoms with Crippen LogP contribution in [0.2, 0.25) is 0 Å². The fourth-order valence-electron chi connectivity index (χ4n) is 1.70. The van der Waals surface area contributed by atoms with E-state index in [1.165, 1.54) is 4.90 Å². The second kappa shape index (κ2) is 5.07. The monoisotopic (exact) mass is 416 g/mol. The van der Waals surface area contributed by atoms with Crippen molar-refractivity contribution in [3.8, 4) is 0 Å². The molecule has 1 saturated heterocycles. The van der Waals surface area contributed by atoms with Crippen LogP contribution in [-0.2, 0) is 13.8 Å². The van der Waals surface area contributed by atoms with E-state index in [4.69, 9.17) is 10.7 Å². The number of halogens is 3. The molecule has 0 N–H and O–H groups in total. The Hall–Kier alpha value is -0.180. The van der Waals surface area contributed by atoms with Gasteiger partial charge in [0.15, 0.2) is 0 Å². The van der Waals surface area contributed by atoms with Gasteiger partial charge in [-0.2, -0.15) is 0 Å². The Labute approximate surface area is 125 Å². The minimum atomic E-state index is -3.73. The van der Waals surface area contributed by atoms with E-state index in [1.54, 1.807) is 12.1 Å². The van der Waals surface area contributed by atoms with Gasteiger partial charge in [-0.25, -0.2) is 13.4 Å². The highest BCUT2D eigenvalue weighted by Gasteiger charge is 2.38. The van der Waals surface area contributed by atoms with E-state index in [0.717, 1.165) is 0 Å². The molecular weight excluding hydrogens is 411 g/mol. The second-order valence-electron chi connectivity index (χ2n) is 3.75. The zero-order valence-corrected chi connectivity index (χ0v) is 13.6. The fraction of sp³-hybridized carbons (Fsp3) is 0.333. The molecule has 1 unspecified atom stereocenters. The molecular formula is C9H7Br2ClN2O3S. The van der Waals surface area contributed by atoms with Crippen LogP contribution in [0, 0.1) is 0 Å². The average Bonchev–Trinajstić information content (AvgIpc) is 2.60. The Morgan fingerprint density at radius 1 is 1.39 bits per heavy atom. The first-order valence-corrected chi connectivity index (χ1v) is 8.81. The van der Waals surface area contributed by atoms with Crippen LogP contribution >= 0.6 is 42.5 Å². The number of hydrogen-bond acceptors (Lipinski definition) is 4. The first kappa shape index (κ1) is 14.2. The molecule has 1 amide bonds. The number of anilines is 1. The molecule has 0 saturated carbocycles. The Morgan fingerprint density at radius 3 is 2.56 bits per heavy atom. The third-order valence-corrected chi connectivity index (χ3v) is 5.47. The average molecular weight is 418 g/mol. The highest BCUT2D eigenvalue weighted by molar-refractivity contribution is 9.11. The maximum absolute atomic E-state index is 11.8. The van der Waals surface area contributed by atoms with Gasteiger partial charge in [0.1, 0.15) is 14.5 Å². The predicted molar refractivity (Wildman–Crippen MR) is 75.2 cm³/mol. The maximum Gasteiger partial charge on any atom is 0.237 e. The number of nitrogens with zero attached hydrogens (tertiary/aromatic N) is 2. The van der Waals surface area contributed by atoms with Crippen LogP contribution in [0.15, 0.2) is 21.3 Å². The lowest BCUT2D eigenvalue weighted by molar-refractivity contribution is -0.117. The van der Waals surface area contributed by atoms with Crippen LogP contribution < -0.4 is 4.90 Å². The third-order valence-electron chi connectivity index (χ3n) is 2.57. The number of hydrogen-bond donors (Lipinski definition) is 0. The molecule has 0 radical (unpaired) electrons. The number of amides is 1. The van der Waals surface area contributed by atoms with Gasteiger partial charge >= 0.3 is 0 Å². The third kappa shape index (κ3) is 2.87. The number of rotatable bonds is 2. The van der Waals surface area contributed by atoms with Crippen molar-refractivity contribution in [2.24, 2.45) is 0 Å². The van der Waals surface area contributed by atoms with E-state index >= 15 is 0 Å². The van der Waals surface area contributed by atoms with E-state index in [1.807, 2.05) is 0 Å². The summed E-state index contributed by atoms with van der Waals surface area (Å²) in [6.45, 7) is 0.0482. The minimum Gasteiger partial charge on any atom is -0.308 e. The van der Waals surface area contributed by atoms with Gasteiger partial charge < -0.3 is 4.90 Å². The largest absolute Gasteiger partial charge is 0.308 e. The molecule has 0 aliphatic carbocycles. The lowest BCUT2D eigenvalue weighted by Gasteiger charge is -2.17. The predicted octanol–water partition coefficient (Wildman–Crippen LogP) is 2.28. The van der Waals surface area contributed by atoms with Crippen LogP contribution in [0.3, 0.4) is 0 Å². The lowest BCUT2D eigenvalue weighted by atomic mass is 10.4. The first-order valence-electron chi connectivity index (χ1n) is 4.85. The summed E-state index contributed by atoms with van der Waals surface area (Å²) in [5.41, 5.74) is 0.533. The van der Waals surface area contributed by atoms with Crippen molar-refractivity contribution >= 4 is 63.2 Å². The summed E-state index contributed by atoms with van der Waals surface area (Å²) in [6.07, 6.45) is -0.103. The Kier molecular flexibility index (Phi) is 4.01. The molecule has 98 valence electrons. The van der Waals surface area contributed by atoms with Crippen molar-refractivity contribution in [3.05, 3.63) is 21.3 Å². The summed E-state index contributed by atoms with van der Waals surface area (Å²) in [5.74, 6) is -0.283. The molecule has 1 aromatic heterocycles. The van der Waals surface area contributed by atoms with Crippen molar-refractivity contribution in [1.82, 2.24) is 4.98 Å².